The van der Waals surface area contributed by atoms with Crippen LogP contribution in [-0.4, -0.2) is 121 Å². The zero-order valence-corrected chi connectivity index (χ0v) is 36.9. The van der Waals surface area contributed by atoms with Gasteiger partial charge in [-0.15, -0.1) is 0 Å². The van der Waals surface area contributed by atoms with E-state index in [1.165, 1.54) is 13.8 Å². The van der Waals surface area contributed by atoms with Crippen LogP contribution in [0.2, 0.25) is 0 Å². The van der Waals surface area contributed by atoms with E-state index in [-0.39, 0.29) is 38.2 Å². The van der Waals surface area contributed by atoms with Crippen molar-refractivity contribution >= 4 is 51.7 Å². The standard InChI is InChI=1S/C41H58IN5O11/c1-21-17-41(7)37(56-40-36(51)31(47(8)9)16-22(2)55-40)24(4)34(49)25(5)39(52)57-38(42)35(50)30(23(3)33(21)45-26(6)48)13-12-29(19-53-41)46-54-20-28-11-10-27(18-43-28)32-14-15-44-58-32/h10-11,14-15,18,21-25,30-31,35-38,40,50-51H,12-13,16-17,19-20H2,1-9H3/b45-33?,46-29+/t21-,22-,23-,24+,25-,30-,31+,35+,36-,37-,38+,40+,41-/m1/s1. The molecule has 3 aliphatic heterocycles. The minimum atomic E-state index is -1.35. The van der Waals surface area contributed by atoms with E-state index >= 15 is 0 Å². The van der Waals surface area contributed by atoms with Crippen LogP contribution in [-0.2, 0) is 44.8 Å². The fourth-order valence-corrected chi connectivity index (χ4v) is 9.19. The number of fused-ring (bicyclic) bond motifs is 5. The van der Waals surface area contributed by atoms with Gasteiger partial charge in [0.15, 0.2) is 28.6 Å². The lowest BCUT2D eigenvalue weighted by Crippen LogP contribution is -2.59. The number of pyridine rings is 1. The summed E-state index contributed by atoms with van der Waals surface area (Å²) < 4.78 is 29.9. The number of aliphatic hydroxyl groups is 2. The molecule has 3 fully saturated rings. The van der Waals surface area contributed by atoms with Gasteiger partial charge >= 0.3 is 5.97 Å². The highest BCUT2D eigenvalue weighted by atomic mass is 127. The monoisotopic (exact) mass is 923 g/mol. The Morgan fingerprint density at radius 2 is 1.83 bits per heavy atom. The minimum Gasteiger partial charge on any atom is -0.448 e. The number of likely N-dealkylation sites (N-methyl/N-ethyl adjacent to an activating group) is 1. The minimum absolute atomic E-state index is 0.0371. The van der Waals surface area contributed by atoms with Crippen LogP contribution < -0.4 is 0 Å². The van der Waals surface area contributed by atoms with Crippen LogP contribution >= 0.6 is 22.6 Å². The number of ketones is 1. The predicted molar refractivity (Wildman–Crippen MR) is 221 cm³/mol. The number of halogens is 1. The summed E-state index contributed by atoms with van der Waals surface area (Å²) in [7, 11) is 3.74. The SMILES string of the molecule is CC(=O)N=C1[C@H](C)C[C@@]2(C)OC/C(=N/OCc3ccc(-c4ccno4)cn3)CC[C@@H]([C@H](O)[C@@H](I)OC(=O)[C@H](C)C(=O)[C@H](C)[C@H]2O[C@@H]2O[C@H](C)C[C@H](N(C)C)[C@H]2O)[C@H]1C. The first kappa shape index (κ1) is 45.9. The zero-order chi connectivity index (χ0) is 42.5. The Kier molecular flexibility index (Phi) is 15.7. The van der Waals surface area contributed by atoms with Crippen molar-refractivity contribution in [1.29, 1.82) is 0 Å². The van der Waals surface area contributed by atoms with Gasteiger partial charge in [0.2, 0.25) is 5.91 Å². The highest BCUT2D eigenvalue weighted by molar-refractivity contribution is 14.1. The molecule has 0 saturated carbocycles. The third-order valence-electron chi connectivity index (χ3n) is 11.7. The molecule has 1 amide bonds. The fourth-order valence-electron chi connectivity index (χ4n) is 8.41. The molecule has 13 atom stereocenters. The van der Waals surface area contributed by atoms with E-state index in [1.54, 1.807) is 31.5 Å². The summed E-state index contributed by atoms with van der Waals surface area (Å²) in [6.45, 7) is 12.0. The number of hydrogen-bond acceptors (Lipinski definition) is 15. The van der Waals surface area contributed by atoms with Gasteiger partial charge in [0, 0.05) is 48.3 Å². The maximum absolute atomic E-state index is 14.4. The number of hydrogen-bond donors (Lipinski definition) is 2. The van der Waals surface area contributed by atoms with Gasteiger partial charge < -0.3 is 43.4 Å². The summed E-state index contributed by atoms with van der Waals surface area (Å²) >= 11 is 1.88. The Morgan fingerprint density at radius 3 is 2.47 bits per heavy atom. The molecule has 17 heteroatoms. The third-order valence-corrected chi connectivity index (χ3v) is 12.7. The maximum atomic E-state index is 14.4. The van der Waals surface area contributed by atoms with Crippen LogP contribution in [0.3, 0.4) is 0 Å². The predicted octanol–water partition coefficient (Wildman–Crippen LogP) is 4.78. The first-order valence-corrected chi connectivity index (χ1v) is 21.1. The molecule has 0 spiro atoms. The number of aliphatic hydroxyl groups excluding tert-OH is 2. The Hall–Kier alpha value is -3.20. The van der Waals surface area contributed by atoms with Gasteiger partial charge in [0.05, 0.1) is 42.0 Å². The molecule has 3 aliphatic rings. The number of cyclic esters (lactones) is 1. The van der Waals surface area contributed by atoms with E-state index in [4.69, 9.17) is 28.3 Å². The second-order valence-electron chi connectivity index (χ2n) is 16.4. The van der Waals surface area contributed by atoms with E-state index in [1.807, 2.05) is 75.3 Å². The van der Waals surface area contributed by atoms with Crippen molar-refractivity contribution in [3.05, 3.63) is 36.3 Å². The molecule has 5 rings (SSSR count). The molecule has 16 nitrogen and oxygen atoms in total. The molecule has 2 N–H and O–H groups in total. The summed E-state index contributed by atoms with van der Waals surface area (Å²) in [5, 5.41) is 31.8. The average Bonchev–Trinajstić information content (AvgIpc) is 3.72. The first-order valence-electron chi connectivity index (χ1n) is 19.9. The Bertz CT molecular complexity index is 1780. The van der Waals surface area contributed by atoms with E-state index in [9.17, 15) is 24.6 Å². The summed E-state index contributed by atoms with van der Waals surface area (Å²) in [6, 6.07) is 5.06. The van der Waals surface area contributed by atoms with Crippen LogP contribution in [0, 0.1) is 29.6 Å². The van der Waals surface area contributed by atoms with Gasteiger partial charge in [-0.25, -0.2) is 4.99 Å². The number of ether oxygens (including phenoxy) is 4. The smallest absolute Gasteiger partial charge is 0.317 e. The number of Topliss-reactive ketones (excluding diaryl/α,β-unsaturated/α-hetero) is 1. The van der Waals surface area contributed by atoms with Crippen LogP contribution in [0.25, 0.3) is 11.3 Å². The number of oxime groups is 1. The Labute approximate surface area is 353 Å². The van der Waals surface area contributed by atoms with Crippen molar-refractivity contribution in [3.8, 4) is 11.3 Å². The van der Waals surface area contributed by atoms with E-state index in [0.717, 1.165) is 5.56 Å². The lowest BCUT2D eigenvalue weighted by Gasteiger charge is -2.47. The molecule has 3 saturated heterocycles. The second kappa shape index (κ2) is 19.9. The molecule has 0 radical (unpaired) electrons. The van der Waals surface area contributed by atoms with Gasteiger partial charge in [-0.05, 0) is 107 Å². The quantitative estimate of drug-likeness (QED) is 0.126. The highest BCUT2D eigenvalue weighted by Gasteiger charge is 2.51. The van der Waals surface area contributed by atoms with Crippen molar-refractivity contribution < 1.29 is 52.9 Å². The van der Waals surface area contributed by atoms with Crippen molar-refractivity contribution in [2.75, 3.05) is 20.7 Å². The molecule has 0 aliphatic carbocycles. The Morgan fingerprint density at radius 1 is 1.09 bits per heavy atom. The fraction of sp³-hybridized carbons (Fsp3) is 0.683. The number of rotatable bonds is 7. The molecule has 0 aromatic carbocycles. The number of alkyl halides is 1. The molecular formula is C41H58IN5O11. The van der Waals surface area contributed by atoms with Crippen LogP contribution in [0.1, 0.15) is 79.8 Å². The van der Waals surface area contributed by atoms with Crippen molar-refractivity contribution in [1.82, 2.24) is 15.0 Å². The normalized spacial score (nSPS) is 37.2. The van der Waals surface area contributed by atoms with E-state index < -0.39 is 81.6 Å². The number of esters is 1. The van der Waals surface area contributed by atoms with Crippen LogP contribution in [0.5, 0.6) is 0 Å². The lowest BCUT2D eigenvalue weighted by atomic mass is 9.73. The van der Waals surface area contributed by atoms with Crippen molar-refractivity contribution in [2.24, 2.45) is 39.7 Å². The van der Waals surface area contributed by atoms with Crippen molar-refractivity contribution in [3.63, 3.8) is 0 Å². The number of amides is 1. The van der Waals surface area contributed by atoms with Crippen LogP contribution in [0.4, 0.5) is 0 Å². The molecule has 2 aromatic rings. The maximum Gasteiger partial charge on any atom is 0.317 e. The molecule has 58 heavy (non-hydrogen) atoms. The van der Waals surface area contributed by atoms with Crippen LogP contribution in [0.15, 0.2) is 45.3 Å². The number of aliphatic imine (C=N–C) groups is 1. The van der Waals surface area contributed by atoms with Gasteiger partial charge in [-0.1, -0.05) is 31.1 Å². The number of carbonyl (C=O) groups excluding carboxylic acids is 3. The van der Waals surface area contributed by atoms with Gasteiger partial charge in [0.25, 0.3) is 0 Å². The van der Waals surface area contributed by atoms with E-state index in [0.29, 0.717) is 35.7 Å². The molecular weight excluding hydrogens is 865 g/mol. The van der Waals surface area contributed by atoms with E-state index in [2.05, 4.69) is 20.3 Å². The third kappa shape index (κ3) is 10.9. The number of aromatic nitrogens is 2. The number of nitrogens with zero attached hydrogens (tertiary/aromatic N) is 5. The largest absolute Gasteiger partial charge is 0.448 e. The molecule has 5 heterocycles. The first-order chi connectivity index (χ1) is 27.4. The van der Waals surface area contributed by atoms with Gasteiger partial charge in [-0.2, -0.15) is 0 Å². The summed E-state index contributed by atoms with van der Waals surface area (Å²) in [4.78, 5) is 57.5. The van der Waals surface area contributed by atoms with Gasteiger partial charge in [0.1, 0.15) is 18.1 Å². The summed E-state index contributed by atoms with van der Waals surface area (Å²) in [5.74, 6) is -4.83. The summed E-state index contributed by atoms with van der Waals surface area (Å²) in [5.41, 5.74) is 1.03. The van der Waals surface area contributed by atoms with Gasteiger partial charge in [-0.3, -0.25) is 19.4 Å². The number of carbonyl (C=O) groups is 3. The highest BCUT2D eigenvalue weighted by Crippen LogP contribution is 2.40. The summed E-state index contributed by atoms with van der Waals surface area (Å²) in [6.07, 6.45) is -0.296. The molecule has 2 aromatic heterocycles. The topological polar surface area (TPSA) is 205 Å². The average molecular weight is 924 g/mol. The molecule has 0 unspecified atom stereocenters. The lowest BCUT2D eigenvalue weighted by molar-refractivity contribution is -0.296. The molecule has 320 valence electrons. The zero-order valence-electron chi connectivity index (χ0n) is 34.7. The molecule has 2 bridgehead atoms. The Balaban J connectivity index is 1.59. The second-order valence-corrected chi connectivity index (χ2v) is 17.6. The van der Waals surface area contributed by atoms with Crippen molar-refractivity contribution in [2.45, 2.75) is 127 Å².